The smallest absolute Gasteiger partial charge is 0.230 e. The van der Waals surface area contributed by atoms with Gasteiger partial charge >= 0.3 is 0 Å². The summed E-state index contributed by atoms with van der Waals surface area (Å²) in [7, 11) is 0. The standard InChI is InChI=1S/C17H24N4O3S/c1-4-23-14-7-6-13(10-15(14)24-5-2)8-9-18-16(22)11-25-17-19-12(3)20-21-17/h6-7,10H,4-5,8-9,11H2,1-3H3,(H,18,22)(H,19,20,21). The van der Waals surface area contributed by atoms with E-state index in [1.807, 2.05) is 39.0 Å². The zero-order chi connectivity index (χ0) is 18.1. The fourth-order valence-electron chi connectivity index (χ4n) is 2.17. The average Bonchev–Trinajstić information content (AvgIpc) is 3.01. The molecule has 8 heteroatoms. The highest BCUT2D eigenvalue weighted by Gasteiger charge is 2.08. The van der Waals surface area contributed by atoms with Crippen molar-refractivity contribution in [2.24, 2.45) is 0 Å². The van der Waals surface area contributed by atoms with Gasteiger partial charge in [0.05, 0.1) is 19.0 Å². The van der Waals surface area contributed by atoms with Crippen molar-refractivity contribution in [3.63, 3.8) is 0 Å². The maximum absolute atomic E-state index is 11.9. The molecular formula is C17H24N4O3S. The van der Waals surface area contributed by atoms with Crippen LogP contribution in [-0.2, 0) is 11.2 Å². The summed E-state index contributed by atoms with van der Waals surface area (Å²) in [5, 5.41) is 10.2. The predicted molar refractivity (Wildman–Crippen MR) is 97.3 cm³/mol. The second kappa shape index (κ2) is 9.93. The lowest BCUT2D eigenvalue weighted by Gasteiger charge is -2.12. The number of nitrogens with one attached hydrogen (secondary N) is 2. The first kappa shape index (κ1) is 19.1. The summed E-state index contributed by atoms with van der Waals surface area (Å²) in [6.07, 6.45) is 0.725. The van der Waals surface area contributed by atoms with E-state index in [0.717, 1.165) is 29.3 Å². The van der Waals surface area contributed by atoms with Gasteiger partial charge in [-0.3, -0.25) is 9.89 Å². The molecule has 0 saturated carbocycles. The van der Waals surface area contributed by atoms with Gasteiger partial charge in [-0.25, -0.2) is 4.98 Å². The highest BCUT2D eigenvalue weighted by molar-refractivity contribution is 7.99. The molecule has 0 spiro atoms. The van der Waals surface area contributed by atoms with Crippen molar-refractivity contribution in [2.45, 2.75) is 32.3 Å². The van der Waals surface area contributed by atoms with Gasteiger partial charge in [0, 0.05) is 6.54 Å². The van der Waals surface area contributed by atoms with E-state index in [-0.39, 0.29) is 5.91 Å². The Hall–Kier alpha value is -2.22. The maximum atomic E-state index is 11.9. The fraction of sp³-hybridized carbons (Fsp3) is 0.471. The highest BCUT2D eigenvalue weighted by atomic mass is 32.2. The van der Waals surface area contributed by atoms with Gasteiger partial charge in [0.15, 0.2) is 11.5 Å². The molecule has 0 radical (unpaired) electrons. The van der Waals surface area contributed by atoms with Crippen molar-refractivity contribution in [1.29, 1.82) is 0 Å². The number of aryl methyl sites for hydroxylation is 1. The van der Waals surface area contributed by atoms with Gasteiger partial charge < -0.3 is 14.8 Å². The van der Waals surface area contributed by atoms with Gasteiger partial charge in [0.2, 0.25) is 11.1 Å². The number of benzene rings is 1. The number of carbonyl (C=O) groups is 1. The van der Waals surface area contributed by atoms with E-state index >= 15 is 0 Å². The van der Waals surface area contributed by atoms with E-state index in [0.29, 0.717) is 30.7 Å². The molecule has 2 aromatic rings. The van der Waals surface area contributed by atoms with Crippen LogP contribution in [0.4, 0.5) is 0 Å². The monoisotopic (exact) mass is 364 g/mol. The van der Waals surface area contributed by atoms with Crippen LogP contribution in [0.5, 0.6) is 11.5 Å². The first-order valence-corrected chi connectivity index (χ1v) is 9.28. The Morgan fingerprint density at radius 2 is 2.00 bits per heavy atom. The Bertz CT molecular complexity index is 690. The maximum Gasteiger partial charge on any atom is 0.230 e. The molecule has 0 aliphatic carbocycles. The summed E-state index contributed by atoms with van der Waals surface area (Å²) in [6.45, 7) is 7.44. The molecule has 0 fully saturated rings. The lowest BCUT2D eigenvalue weighted by atomic mass is 10.1. The van der Waals surface area contributed by atoms with Crippen molar-refractivity contribution >= 4 is 17.7 Å². The van der Waals surface area contributed by atoms with Gasteiger partial charge in [0.1, 0.15) is 5.82 Å². The minimum absolute atomic E-state index is 0.0385. The third-order valence-corrected chi connectivity index (χ3v) is 4.10. The van der Waals surface area contributed by atoms with Crippen LogP contribution < -0.4 is 14.8 Å². The molecule has 1 aromatic carbocycles. The summed E-state index contributed by atoms with van der Waals surface area (Å²) >= 11 is 1.31. The second-order valence-corrected chi connectivity index (χ2v) is 6.18. The molecule has 0 unspecified atom stereocenters. The molecule has 0 saturated heterocycles. The zero-order valence-electron chi connectivity index (χ0n) is 14.8. The zero-order valence-corrected chi connectivity index (χ0v) is 15.6. The molecular weight excluding hydrogens is 340 g/mol. The number of aromatic nitrogens is 3. The quantitative estimate of drug-likeness (QED) is 0.629. The predicted octanol–water partition coefficient (Wildman–Crippen LogP) is 2.36. The van der Waals surface area contributed by atoms with Crippen LogP contribution in [0.3, 0.4) is 0 Å². The third kappa shape index (κ3) is 6.30. The van der Waals surface area contributed by atoms with Crippen LogP contribution in [-0.4, -0.2) is 46.6 Å². The molecule has 0 aliphatic rings. The largest absolute Gasteiger partial charge is 0.490 e. The van der Waals surface area contributed by atoms with Gasteiger partial charge in [0.25, 0.3) is 0 Å². The molecule has 25 heavy (non-hydrogen) atoms. The number of hydrogen-bond acceptors (Lipinski definition) is 6. The molecule has 2 N–H and O–H groups in total. The number of rotatable bonds is 10. The van der Waals surface area contributed by atoms with E-state index < -0.39 is 0 Å². The van der Waals surface area contributed by atoms with Crippen LogP contribution in [0.1, 0.15) is 25.2 Å². The van der Waals surface area contributed by atoms with Crippen molar-refractivity contribution in [3.05, 3.63) is 29.6 Å². The number of amides is 1. The lowest BCUT2D eigenvalue weighted by molar-refractivity contribution is -0.118. The summed E-state index contributed by atoms with van der Waals surface area (Å²) in [6, 6.07) is 5.86. The van der Waals surface area contributed by atoms with Gasteiger partial charge in [-0.15, -0.1) is 5.10 Å². The topological polar surface area (TPSA) is 89.1 Å². The molecule has 136 valence electrons. The van der Waals surface area contributed by atoms with Gasteiger partial charge in [-0.05, 0) is 44.9 Å². The Morgan fingerprint density at radius 3 is 2.68 bits per heavy atom. The van der Waals surface area contributed by atoms with Gasteiger partial charge in [-0.2, -0.15) is 0 Å². The van der Waals surface area contributed by atoms with E-state index in [9.17, 15) is 4.79 Å². The molecule has 2 rings (SSSR count). The van der Waals surface area contributed by atoms with Crippen molar-refractivity contribution in [1.82, 2.24) is 20.5 Å². The van der Waals surface area contributed by atoms with E-state index in [1.54, 1.807) is 0 Å². The Labute approximate surface area is 151 Å². The number of H-pyrrole nitrogens is 1. The van der Waals surface area contributed by atoms with Crippen molar-refractivity contribution in [3.8, 4) is 11.5 Å². The van der Waals surface area contributed by atoms with Crippen molar-refractivity contribution < 1.29 is 14.3 Å². The Morgan fingerprint density at radius 1 is 1.24 bits per heavy atom. The summed E-state index contributed by atoms with van der Waals surface area (Å²) in [4.78, 5) is 16.0. The second-order valence-electron chi connectivity index (χ2n) is 5.24. The molecule has 1 amide bonds. The first-order valence-electron chi connectivity index (χ1n) is 8.29. The van der Waals surface area contributed by atoms with Crippen LogP contribution in [0, 0.1) is 6.92 Å². The number of thioether (sulfide) groups is 1. The van der Waals surface area contributed by atoms with Crippen LogP contribution in [0.15, 0.2) is 23.4 Å². The van der Waals surface area contributed by atoms with Crippen LogP contribution >= 0.6 is 11.8 Å². The number of aromatic amines is 1. The normalized spacial score (nSPS) is 10.5. The number of ether oxygens (including phenoxy) is 2. The molecule has 1 heterocycles. The number of hydrogen-bond donors (Lipinski definition) is 2. The number of nitrogens with zero attached hydrogens (tertiary/aromatic N) is 2. The molecule has 0 bridgehead atoms. The molecule has 7 nitrogen and oxygen atoms in total. The number of carbonyl (C=O) groups excluding carboxylic acids is 1. The lowest BCUT2D eigenvalue weighted by Crippen LogP contribution is -2.27. The molecule has 0 aliphatic heterocycles. The van der Waals surface area contributed by atoms with Crippen LogP contribution in [0.25, 0.3) is 0 Å². The van der Waals surface area contributed by atoms with E-state index in [4.69, 9.17) is 9.47 Å². The molecule has 0 atom stereocenters. The van der Waals surface area contributed by atoms with Gasteiger partial charge in [-0.1, -0.05) is 17.8 Å². The third-order valence-electron chi connectivity index (χ3n) is 3.25. The summed E-state index contributed by atoms with van der Waals surface area (Å²) < 4.78 is 11.2. The average molecular weight is 364 g/mol. The van der Waals surface area contributed by atoms with E-state index in [1.165, 1.54) is 11.8 Å². The minimum Gasteiger partial charge on any atom is -0.490 e. The Kier molecular flexibility index (Phi) is 7.59. The molecule has 1 aromatic heterocycles. The fourth-order valence-corrected chi connectivity index (χ4v) is 2.84. The summed E-state index contributed by atoms with van der Waals surface area (Å²) in [5.41, 5.74) is 1.09. The van der Waals surface area contributed by atoms with Crippen molar-refractivity contribution in [2.75, 3.05) is 25.5 Å². The Balaban J connectivity index is 1.78. The SMILES string of the molecule is CCOc1ccc(CCNC(=O)CSc2n[nH]c(C)n2)cc1OCC. The van der Waals surface area contributed by atoms with E-state index in [2.05, 4.69) is 20.5 Å². The minimum atomic E-state index is -0.0385. The highest BCUT2D eigenvalue weighted by Crippen LogP contribution is 2.28. The first-order chi connectivity index (χ1) is 12.1. The van der Waals surface area contributed by atoms with Crippen LogP contribution in [0.2, 0.25) is 0 Å². The summed E-state index contributed by atoms with van der Waals surface area (Å²) in [5.74, 6) is 2.48.